The van der Waals surface area contributed by atoms with Crippen LogP contribution in [0.5, 0.6) is 0 Å². The van der Waals surface area contributed by atoms with Gasteiger partial charge in [0.2, 0.25) is 0 Å². The summed E-state index contributed by atoms with van der Waals surface area (Å²) in [5.74, 6) is 0.205. The van der Waals surface area contributed by atoms with Crippen LogP contribution in [0.1, 0.15) is 6.42 Å². The summed E-state index contributed by atoms with van der Waals surface area (Å²) in [4.78, 5) is 15.0. The van der Waals surface area contributed by atoms with Crippen molar-refractivity contribution in [1.82, 2.24) is 0 Å². The van der Waals surface area contributed by atoms with E-state index in [0.717, 1.165) is 6.42 Å². The normalized spacial score (nSPS) is 15.9. The number of carbonyl (C=O) groups excluding carboxylic acids is 1. The number of aliphatic imine (C=N–C) groups is 1. The maximum atomic E-state index is 11.0. The summed E-state index contributed by atoms with van der Waals surface area (Å²) in [6, 6.07) is 0. The molecule has 0 amide bonds. The van der Waals surface area contributed by atoms with Crippen LogP contribution in [0, 0.1) is 0 Å². The molecule has 0 radical (unpaired) electrons. The van der Waals surface area contributed by atoms with Crippen molar-refractivity contribution in [3.05, 3.63) is 23.9 Å². The van der Waals surface area contributed by atoms with Crippen molar-refractivity contribution in [2.75, 3.05) is 5.75 Å². The van der Waals surface area contributed by atoms with Crippen LogP contribution in [-0.4, -0.2) is 17.8 Å². The lowest BCUT2D eigenvalue weighted by Crippen LogP contribution is -2.01. The second-order valence-electron chi connectivity index (χ2n) is 2.11. The first-order valence-electron chi connectivity index (χ1n) is 3.38. The zero-order valence-electron chi connectivity index (χ0n) is 6.03. The number of thiol groups is 1. The number of Topliss-reactive ketones (excluding diaryl/α,β-unsaturated/α-hetero) is 1. The van der Waals surface area contributed by atoms with Gasteiger partial charge in [-0.3, -0.25) is 9.79 Å². The van der Waals surface area contributed by atoms with E-state index in [2.05, 4.69) is 17.6 Å². The van der Waals surface area contributed by atoms with Crippen molar-refractivity contribution in [2.24, 2.45) is 4.99 Å². The fourth-order valence-corrected chi connectivity index (χ4v) is 0.924. The van der Waals surface area contributed by atoms with E-state index in [4.69, 9.17) is 0 Å². The van der Waals surface area contributed by atoms with Gasteiger partial charge in [0.15, 0.2) is 5.78 Å². The van der Waals surface area contributed by atoms with Gasteiger partial charge in [-0.05, 0) is 12.5 Å². The summed E-state index contributed by atoms with van der Waals surface area (Å²) in [5.41, 5.74) is 0.519. The highest BCUT2D eigenvalue weighted by molar-refractivity contribution is 7.81. The van der Waals surface area contributed by atoms with Crippen LogP contribution in [0.2, 0.25) is 0 Å². The average molecular weight is 167 g/mol. The number of allylic oxidation sites excluding steroid dienone is 4. The molecule has 1 rings (SSSR count). The largest absolute Gasteiger partial charge is 0.292 e. The molecular weight excluding hydrogens is 158 g/mol. The molecule has 0 aliphatic carbocycles. The molecule has 1 heterocycles. The Morgan fingerprint density at radius 2 is 2.55 bits per heavy atom. The van der Waals surface area contributed by atoms with E-state index in [0.29, 0.717) is 5.70 Å². The van der Waals surface area contributed by atoms with Crippen molar-refractivity contribution in [1.29, 1.82) is 0 Å². The summed E-state index contributed by atoms with van der Waals surface area (Å²) < 4.78 is 0. The van der Waals surface area contributed by atoms with Gasteiger partial charge in [0, 0.05) is 6.21 Å². The molecule has 3 heteroatoms. The van der Waals surface area contributed by atoms with Crippen molar-refractivity contribution in [2.45, 2.75) is 6.42 Å². The van der Waals surface area contributed by atoms with E-state index < -0.39 is 0 Å². The Bertz CT molecular complexity index is 240. The first-order chi connectivity index (χ1) is 5.34. The molecule has 0 spiro atoms. The van der Waals surface area contributed by atoms with Crippen molar-refractivity contribution in [3.63, 3.8) is 0 Å². The molecule has 11 heavy (non-hydrogen) atoms. The molecule has 0 aromatic carbocycles. The topological polar surface area (TPSA) is 29.4 Å². The molecule has 0 bridgehead atoms. The molecule has 0 unspecified atom stereocenters. The van der Waals surface area contributed by atoms with Gasteiger partial charge in [-0.25, -0.2) is 0 Å². The maximum absolute atomic E-state index is 11.0. The number of carbonyl (C=O) groups is 1. The molecule has 0 fully saturated rings. The molecule has 2 nitrogen and oxygen atoms in total. The standard InChI is InChI=1S/C8H9NOS/c10-8(6-11)7-4-2-1-3-5-9-7/h1,3-5,11H,2,6H2. The van der Waals surface area contributed by atoms with Crippen LogP contribution in [-0.2, 0) is 4.79 Å². The van der Waals surface area contributed by atoms with E-state index in [-0.39, 0.29) is 11.5 Å². The minimum Gasteiger partial charge on any atom is -0.292 e. The minimum atomic E-state index is -0.0201. The second-order valence-corrected chi connectivity index (χ2v) is 2.43. The Balaban J connectivity index is 2.72. The molecule has 1 aliphatic rings. The van der Waals surface area contributed by atoms with Crippen LogP contribution in [0.3, 0.4) is 0 Å². The first kappa shape index (κ1) is 8.27. The second kappa shape index (κ2) is 4.13. The summed E-state index contributed by atoms with van der Waals surface area (Å²) in [7, 11) is 0. The third-order valence-corrected chi connectivity index (χ3v) is 1.60. The van der Waals surface area contributed by atoms with Crippen LogP contribution < -0.4 is 0 Å². The van der Waals surface area contributed by atoms with Gasteiger partial charge in [-0.15, -0.1) is 0 Å². The van der Waals surface area contributed by atoms with E-state index in [1.807, 2.05) is 12.2 Å². The number of rotatable bonds is 2. The number of ketones is 1. The summed E-state index contributed by atoms with van der Waals surface area (Å²) >= 11 is 3.88. The van der Waals surface area contributed by atoms with Crippen LogP contribution in [0.15, 0.2) is 28.9 Å². The third kappa shape index (κ3) is 2.35. The Hall–Kier alpha value is -0.830. The highest BCUT2D eigenvalue weighted by Gasteiger charge is 2.04. The number of nitrogens with zero attached hydrogens (tertiary/aromatic N) is 1. The molecular formula is C8H9NOS. The Morgan fingerprint density at radius 3 is 3.27 bits per heavy atom. The van der Waals surface area contributed by atoms with Gasteiger partial charge in [-0.1, -0.05) is 12.2 Å². The average Bonchev–Trinajstić information content (AvgIpc) is 2.30. The van der Waals surface area contributed by atoms with Gasteiger partial charge < -0.3 is 0 Å². The molecule has 1 aliphatic heterocycles. The molecule has 58 valence electrons. The van der Waals surface area contributed by atoms with Crippen LogP contribution >= 0.6 is 12.6 Å². The Kier molecular flexibility index (Phi) is 3.11. The molecule has 0 N–H and O–H groups in total. The Labute approximate surface area is 71.1 Å². The van der Waals surface area contributed by atoms with E-state index in [1.54, 1.807) is 12.3 Å². The molecule has 0 saturated heterocycles. The van der Waals surface area contributed by atoms with E-state index >= 15 is 0 Å². The van der Waals surface area contributed by atoms with Gasteiger partial charge >= 0.3 is 0 Å². The fourth-order valence-electron chi connectivity index (χ4n) is 0.762. The van der Waals surface area contributed by atoms with Gasteiger partial charge in [-0.2, -0.15) is 12.6 Å². The zero-order valence-corrected chi connectivity index (χ0v) is 6.92. The van der Waals surface area contributed by atoms with Crippen molar-refractivity contribution in [3.8, 4) is 0 Å². The predicted molar refractivity (Wildman–Crippen MR) is 49.2 cm³/mol. The monoisotopic (exact) mass is 167 g/mol. The maximum Gasteiger partial charge on any atom is 0.190 e. The lowest BCUT2D eigenvalue weighted by Gasteiger charge is -1.93. The van der Waals surface area contributed by atoms with Crippen molar-refractivity contribution < 1.29 is 4.79 Å². The Morgan fingerprint density at radius 1 is 1.73 bits per heavy atom. The van der Waals surface area contributed by atoms with E-state index in [1.165, 1.54) is 0 Å². The molecule has 0 atom stereocenters. The van der Waals surface area contributed by atoms with Gasteiger partial charge in [0.25, 0.3) is 0 Å². The highest BCUT2D eigenvalue weighted by atomic mass is 32.1. The lowest BCUT2D eigenvalue weighted by atomic mass is 10.2. The molecule has 0 aromatic heterocycles. The summed E-state index contributed by atoms with van der Waals surface area (Å²) in [6.07, 6.45) is 7.98. The summed E-state index contributed by atoms with van der Waals surface area (Å²) in [5, 5.41) is 0. The predicted octanol–water partition coefficient (Wildman–Crippen LogP) is 1.40. The quantitative estimate of drug-likeness (QED) is 0.619. The zero-order chi connectivity index (χ0) is 8.10. The molecule has 0 aromatic rings. The van der Waals surface area contributed by atoms with Gasteiger partial charge in [0.05, 0.1) is 5.75 Å². The van der Waals surface area contributed by atoms with Crippen LogP contribution in [0.4, 0.5) is 0 Å². The van der Waals surface area contributed by atoms with Gasteiger partial charge in [0.1, 0.15) is 5.70 Å². The number of hydrogen-bond donors (Lipinski definition) is 1. The number of hydrogen-bond acceptors (Lipinski definition) is 3. The minimum absolute atomic E-state index is 0.0201. The highest BCUT2D eigenvalue weighted by Crippen LogP contribution is 2.04. The van der Waals surface area contributed by atoms with Crippen molar-refractivity contribution >= 4 is 24.6 Å². The van der Waals surface area contributed by atoms with Crippen LogP contribution in [0.25, 0.3) is 0 Å². The smallest absolute Gasteiger partial charge is 0.190 e. The SMILES string of the molecule is O=C(CS)C1=CCC=CC=N1. The first-order valence-corrected chi connectivity index (χ1v) is 4.01. The third-order valence-electron chi connectivity index (χ3n) is 1.31. The fraction of sp³-hybridized carbons (Fsp3) is 0.250. The molecule has 0 saturated carbocycles. The summed E-state index contributed by atoms with van der Waals surface area (Å²) in [6.45, 7) is 0. The lowest BCUT2D eigenvalue weighted by molar-refractivity contribution is -0.113. The van der Waals surface area contributed by atoms with E-state index in [9.17, 15) is 4.79 Å².